The van der Waals surface area contributed by atoms with Gasteiger partial charge in [0, 0.05) is 11.8 Å². The first-order chi connectivity index (χ1) is 10.2. The van der Waals surface area contributed by atoms with Gasteiger partial charge in [0.15, 0.2) is 5.65 Å². The molecule has 0 aliphatic heterocycles. The SMILES string of the molecule is [C-]#[N+]c1c[nH]n2c(=O)c(CC)c(CC3CCCCC3)nc12. The van der Waals surface area contributed by atoms with E-state index in [0.717, 1.165) is 17.7 Å². The molecule has 0 unspecified atom stereocenters. The van der Waals surface area contributed by atoms with Crippen LogP contribution in [0.15, 0.2) is 11.0 Å². The molecule has 0 aromatic carbocycles. The Labute approximate surface area is 123 Å². The number of hydrogen-bond donors (Lipinski definition) is 1. The molecule has 0 atom stereocenters. The molecule has 0 amide bonds. The fourth-order valence-corrected chi connectivity index (χ4v) is 3.35. The molecule has 5 heteroatoms. The van der Waals surface area contributed by atoms with E-state index >= 15 is 0 Å². The lowest BCUT2D eigenvalue weighted by Gasteiger charge is -2.22. The quantitative estimate of drug-likeness (QED) is 0.880. The van der Waals surface area contributed by atoms with Gasteiger partial charge in [0.25, 0.3) is 5.56 Å². The number of nitrogens with one attached hydrogen (secondary N) is 1. The Morgan fingerprint density at radius 3 is 2.86 bits per heavy atom. The van der Waals surface area contributed by atoms with Gasteiger partial charge in [-0.1, -0.05) is 39.0 Å². The summed E-state index contributed by atoms with van der Waals surface area (Å²) in [5.41, 5.74) is 2.52. The summed E-state index contributed by atoms with van der Waals surface area (Å²) in [5.74, 6) is 0.633. The second-order valence-corrected chi connectivity index (χ2v) is 5.83. The zero-order valence-electron chi connectivity index (χ0n) is 12.4. The predicted octanol–water partition coefficient (Wildman–Crippen LogP) is 3.26. The van der Waals surface area contributed by atoms with Crippen molar-refractivity contribution in [1.29, 1.82) is 0 Å². The predicted molar refractivity (Wildman–Crippen MR) is 81.7 cm³/mol. The minimum Gasteiger partial charge on any atom is -0.308 e. The van der Waals surface area contributed by atoms with Gasteiger partial charge in [-0.2, -0.15) is 0 Å². The van der Waals surface area contributed by atoms with Crippen LogP contribution in [0.3, 0.4) is 0 Å². The average Bonchev–Trinajstić information content (AvgIpc) is 2.92. The van der Waals surface area contributed by atoms with Crippen LogP contribution in [0.2, 0.25) is 0 Å². The first-order valence-electron chi connectivity index (χ1n) is 7.74. The van der Waals surface area contributed by atoms with Crippen molar-refractivity contribution in [3.05, 3.63) is 39.2 Å². The van der Waals surface area contributed by atoms with Gasteiger partial charge in [0.05, 0.1) is 12.3 Å². The molecule has 1 aliphatic rings. The zero-order valence-corrected chi connectivity index (χ0v) is 12.4. The molecule has 21 heavy (non-hydrogen) atoms. The van der Waals surface area contributed by atoms with Crippen molar-refractivity contribution in [2.45, 2.75) is 51.9 Å². The summed E-state index contributed by atoms with van der Waals surface area (Å²) >= 11 is 0. The van der Waals surface area contributed by atoms with Crippen molar-refractivity contribution in [3.63, 3.8) is 0 Å². The minimum atomic E-state index is -0.0526. The van der Waals surface area contributed by atoms with E-state index in [1.807, 2.05) is 6.92 Å². The molecule has 0 bridgehead atoms. The highest BCUT2D eigenvalue weighted by atomic mass is 16.1. The molecular weight excluding hydrogens is 264 g/mol. The maximum atomic E-state index is 12.5. The van der Waals surface area contributed by atoms with Crippen LogP contribution in [0, 0.1) is 12.5 Å². The van der Waals surface area contributed by atoms with Crippen molar-refractivity contribution < 1.29 is 0 Å². The average molecular weight is 284 g/mol. The fourth-order valence-electron chi connectivity index (χ4n) is 3.35. The fraction of sp³-hybridized carbons (Fsp3) is 0.562. The Morgan fingerprint density at radius 1 is 1.43 bits per heavy atom. The molecule has 2 aromatic heterocycles. The molecule has 110 valence electrons. The van der Waals surface area contributed by atoms with Gasteiger partial charge >= 0.3 is 0 Å². The van der Waals surface area contributed by atoms with Crippen LogP contribution in [0.5, 0.6) is 0 Å². The van der Waals surface area contributed by atoms with Gasteiger partial charge in [0.1, 0.15) is 0 Å². The lowest BCUT2D eigenvalue weighted by Crippen LogP contribution is -2.24. The largest absolute Gasteiger partial charge is 0.308 e. The van der Waals surface area contributed by atoms with Crippen LogP contribution in [0.4, 0.5) is 5.69 Å². The van der Waals surface area contributed by atoms with Crippen LogP contribution in [-0.4, -0.2) is 14.6 Å². The molecule has 5 nitrogen and oxygen atoms in total. The Hall–Kier alpha value is -2.09. The van der Waals surface area contributed by atoms with E-state index < -0.39 is 0 Å². The molecular formula is C16H20N4O. The maximum absolute atomic E-state index is 12.5. The highest BCUT2D eigenvalue weighted by Gasteiger charge is 2.20. The third kappa shape index (κ3) is 2.46. The van der Waals surface area contributed by atoms with E-state index in [0.29, 0.717) is 23.7 Å². The summed E-state index contributed by atoms with van der Waals surface area (Å²) in [6.07, 6.45) is 9.46. The highest BCUT2D eigenvalue weighted by Crippen LogP contribution is 2.27. The topological polar surface area (TPSA) is 54.5 Å². The number of H-pyrrole nitrogens is 1. The van der Waals surface area contributed by atoms with E-state index in [1.54, 1.807) is 6.20 Å². The standard InChI is InChI=1S/C16H20N4O/c1-3-12-13(9-11-7-5-4-6-8-11)19-15-14(17-2)10-18-20(15)16(12)21/h10-11,18H,3-9H2,1H3. The van der Waals surface area contributed by atoms with Gasteiger partial charge in [-0.05, 0) is 18.8 Å². The highest BCUT2D eigenvalue weighted by molar-refractivity contribution is 5.67. The Bertz CT molecular complexity index is 744. The second kappa shape index (κ2) is 5.72. The number of aromatic amines is 1. The molecule has 1 fully saturated rings. The van der Waals surface area contributed by atoms with Gasteiger partial charge in [-0.15, -0.1) is 0 Å². The first-order valence-corrected chi connectivity index (χ1v) is 7.74. The molecule has 3 rings (SSSR count). The molecule has 0 spiro atoms. The summed E-state index contributed by atoms with van der Waals surface area (Å²) in [6, 6.07) is 0. The maximum Gasteiger partial charge on any atom is 0.274 e. The van der Waals surface area contributed by atoms with Crippen molar-refractivity contribution >= 4 is 11.3 Å². The molecule has 1 N–H and O–H groups in total. The Morgan fingerprint density at radius 2 is 2.19 bits per heavy atom. The zero-order chi connectivity index (χ0) is 14.8. The lowest BCUT2D eigenvalue weighted by atomic mass is 9.85. The number of rotatable bonds is 3. The van der Waals surface area contributed by atoms with Crippen LogP contribution < -0.4 is 5.56 Å². The minimum absolute atomic E-state index is 0.0526. The van der Waals surface area contributed by atoms with Crippen LogP contribution in [-0.2, 0) is 12.8 Å². The molecule has 1 saturated carbocycles. The lowest BCUT2D eigenvalue weighted by molar-refractivity contribution is 0.353. The Kier molecular flexibility index (Phi) is 3.78. The molecule has 1 aliphatic carbocycles. The Balaban J connectivity index is 2.07. The molecule has 2 heterocycles. The van der Waals surface area contributed by atoms with Crippen LogP contribution in [0.25, 0.3) is 10.5 Å². The first kappa shape index (κ1) is 13.9. The third-order valence-electron chi connectivity index (χ3n) is 4.50. The molecule has 0 radical (unpaired) electrons. The molecule has 2 aromatic rings. The summed E-state index contributed by atoms with van der Waals surface area (Å²) in [6.45, 7) is 9.18. The van der Waals surface area contributed by atoms with Gasteiger partial charge in [-0.25, -0.2) is 14.3 Å². The van der Waals surface area contributed by atoms with Crippen molar-refractivity contribution in [1.82, 2.24) is 14.6 Å². The van der Waals surface area contributed by atoms with E-state index in [2.05, 4.69) is 14.9 Å². The van der Waals surface area contributed by atoms with Gasteiger partial charge in [0.2, 0.25) is 5.69 Å². The number of aromatic nitrogens is 3. The number of nitrogens with zero attached hydrogens (tertiary/aromatic N) is 3. The second-order valence-electron chi connectivity index (χ2n) is 5.83. The molecule has 0 saturated heterocycles. The van der Waals surface area contributed by atoms with Crippen molar-refractivity contribution in [2.75, 3.05) is 0 Å². The van der Waals surface area contributed by atoms with Crippen molar-refractivity contribution in [2.24, 2.45) is 5.92 Å². The van der Waals surface area contributed by atoms with Crippen LogP contribution in [0.1, 0.15) is 50.3 Å². The summed E-state index contributed by atoms with van der Waals surface area (Å²) in [7, 11) is 0. The van der Waals surface area contributed by atoms with E-state index in [9.17, 15) is 4.79 Å². The normalized spacial score (nSPS) is 16.2. The third-order valence-corrected chi connectivity index (χ3v) is 4.50. The van der Waals surface area contributed by atoms with E-state index in [1.165, 1.54) is 36.6 Å². The van der Waals surface area contributed by atoms with E-state index in [4.69, 9.17) is 6.57 Å². The summed E-state index contributed by atoms with van der Waals surface area (Å²) in [4.78, 5) is 20.6. The summed E-state index contributed by atoms with van der Waals surface area (Å²) < 4.78 is 1.40. The van der Waals surface area contributed by atoms with Gasteiger partial charge < -0.3 is 5.10 Å². The number of fused-ring (bicyclic) bond motifs is 1. The van der Waals surface area contributed by atoms with Crippen molar-refractivity contribution in [3.8, 4) is 0 Å². The number of hydrogen-bond acceptors (Lipinski definition) is 2. The summed E-state index contributed by atoms with van der Waals surface area (Å²) in [5, 5.41) is 2.84. The van der Waals surface area contributed by atoms with E-state index in [-0.39, 0.29) is 5.56 Å². The monoisotopic (exact) mass is 284 g/mol. The van der Waals surface area contributed by atoms with Gasteiger partial charge in [-0.3, -0.25) is 4.79 Å². The van der Waals surface area contributed by atoms with Crippen LogP contribution >= 0.6 is 0 Å². The smallest absolute Gasteiger partial charge is 0.274 e.